The van der Waals surface area contributed by atoms with Gasteiger partial charge in [0, 0.05) is 24.1 Å². The molecule has 1 aromatic carbocycles. The van der Waals surface area contributed by atoms with Gasteiger partial charge in [0.2, 0.25) is 0 Å². The second kappa shape index (κ2) is 9.61. The van der Waals surface area contributed by atoms with Crippen LogP contribution in [0, 0.1) is 5.82 Å². The van der Waals surface area contributed by atoms with Crippen molar-refractivity contribution in [2.75, 3.05) is 19.6 Å². The van der Waals surface area contributed by atoms with Crippen LogP contribution < -0.4 is 5.73 Å². The van der Waals surface area contributed by atoms with E-state index >= 15 is 0 Å². The number of nitrogens with zero attached hydrogens (tertiary/aromatic N) is 2. The Balaban J connectivity index is 0.00000220. The highest BCUT2D eigenvalue weighted by Gasteiger charge is 2.10. The monoisotopic (exact) mass is 469 g/mol. The number of benzene rings is 1. The highest BCUT2D eigenvalue weighted by Crippen LogP contribution is 2.16. The van der Waals surface area contributed by atoms with Gasteiger partial charge in [0.25, 0.3) is 0 Å². The number of likely N-dealkylation sites (tertiary alicyclic amines) is 1. The van der Waals surface area contributed by atoms with Crippen LogP contribution in [0.2, 0.25) is 0 Å². The highest BCUT2D eigenvalue weighted by molar-refractivity contribution is 14.0. The van der Waals surface area contributed by atoms with Crippen LogP contribution in [0.25, 0.3) is 0 Å². The molecule has 0 radical (unpaired) electrons. The lowest BCUT2D eigenvalue weighted by Crippen LogP contribution is -2.38. The van der Waals surface area contributed by atoms with Crippen molar-refractivity contribution in [3.63, 3.8) is 0 Å². The first-order valence-electron chi connectivity index (χ1n) is 7.15. The lowest BCUT2D eigenvalue weighted by molar-refractivity contribution is 0.428. The van der Waals surface area contributed by atoms with Gasteiger partial charge in [0.15, 0.2) is 5.96 Å². The lowest BCUT2D eigenvalue weighted by Gasteiger charge is -2.21. The maximum Gasteiger partial charge on any atom is 0.191 e. The molecule has 1 fully saturated rings. The van der Waals surface area contributed by atoms with E-state index in [-0.39, 0.29) is 29.8 Å². The number of nitrogens with two attached hydrogens (primary N) is 1. The third-order valence-corrected chi connectivity index (χ3v) is 4.09. The molecule has 0 aliphatic carbocycles. The van der Waals surface area contributed by atoms with Gasteiger partial charge in [-0.15, -0.1) is 24.0 Å². The fraction of sp³-hybridized carbons (Fsp3) is 0.533. The second-order valence-corrected chi connectivity index (χ2v) is 6.04. The van der Waals surface area contributed by atoms with Gasteiger partial charge in [-0.1, -0.05) is 28.8 Å². The number of halogens is 3. The minimum Gasteiger partial charge on any atom is -0.370 e. The largest absolute Gasteiger partial charge is 0.370 e. The van der Waals surface area contributed by atoms with E-state index < -0.39 is 0 Å². The van der Waals surface area contributed by atoms with Crippen molar-refractivity contribution in [2.45, 2.75) is 32.1 Å². The van der Waals surface area contributed by atoms with Crippen molar-refractivity contribution in [2.24, 2.45) is 10.7 Å². The summed E-state index contributed by atoms with van der Waals surface area (Å²) in [5.74, 6) is 0.416. The summed E-state index contributed by atoms with van der Waals surface area (Å²) >= 11 is 3.35. The maximum absolute atomic E-state index is 13.6. The van der Waals surface area contributed by atoms with E-state index in [0.717, 1.165) is 17.6 Å². The van der Waals surface area contributed by atoms with Gasteiger partial charge in [-0.3, -0.25) is 4.99 Å². The van der Waals surface area contributed by atoms with E-state index in [1.807, 2.05) is 0 Å². The molecule has 21 heavy (non-hydrogen) atoms. The molecular formula is C15H22BrFIN3. The van der Waals surface area contributed by atoms with Gasteiger partial charge < -0.3 is 10.6 Å². The van der Waals surface area contributed by atoms with Gasteiger partial charge in [0.05, 0.1) is 0 Å². The second-order valence-electron chi connectivity index (χ2n) is 5.13. The molecule has 1 aliphatic heterocycles. The average molecular weight is 470 g/mol. The summed E-state index contributed by atoms with van der Waals surface area (Å²) in [6.45, 7) is 2.50. The molecule has 0 unspecified atom stereocenters. The highest BCUT2D eigenvalue weighted by atomic mass is 127. The molecule has 0 aromatic heterocycles. The van der Waals surface area contributed by atoms with Crippen LogP contribution in [-0.4, -0.2) is 30.5 Å². The topological polar surface area (TPSA) is 41.6 Å². The van der Waals surface area contributed by atoms with Crippen LogP contribution in [0.1, 0.15) is 31.2 Å². The maximum atomic E-state index is 13.6. The van der Waals surface area contributed by atoms with Crippen molar-refractivity contribution in [1.29, 1.82) is 0 Å². The molecule has 1 heterocycles. The summed E-state index contributed by atoms with van der Waals surface area (Å²) in [7, 11) is 0. The molecule has 0 saturated carbocycles. The van der Waals surface area contributed by atoms with E-state index in [2.05, 4.69) is 25.8 Å². The Bertz CT molecular complexity index is 474. The van der Waals surface area contributed by atoms with Gasteiger partial charge in [-0.05, 0) is 43.0 Å². The van der Waals surface area contributed by atoms with Crippen molar-refractivity contribution in [3.8, 4) is 0 Å². The van der Waals surface area contributed by atoms with Crippen LogP contribution in [0.4, 0.5) is 4.39 Å². The summed E-state index contributed by atoms with van der Waals surface area (Å²) in [6, 6.07) is 4.97. The zero-order valence-corrected chi connectivity index (χ0v) is 15.9. The molecule has 0 atom stereocenters. The van der Waals surface area contributed by atoms with Crippen LogP contribution in [0.5, 0.6) is 0 Å². The van der Waals surface area contributed by atoms with Crippen LogP contribution in [-0.2, 0) is 6.42 Å². The van der Waals surface area contributed by atoms with E-state index in [4.69, 9.17) is 5.73 Å². The third kappa shape index (κ3) is 6.10. The fourth-order valence-electron chi connectivity index (χ4n) is 2.43. The van der Waals surface area contributed by atoms with Crippen molar-refractivity contribution in [1.82, 2.24) is 4.90 Å². The first-order chi connectivity index (χ1) is 9.66. The minimum atomic E-state index is -0.184. The molecule has 0 bridgehead atoms. The van der Waals surface area contributed by atoms with Gasteiger partial charge >= 0.3 is 0 Å². The molecule has 0 amide bonds. The zero-order valence-electron chi connectivity index (χ0n) is 12.0. The Kier molecular flexibility index (Phi) is 8.55. The van der Waals surface area contributed by atoms with E-state index in [1.165, 1.54) is 31.7 Å². The average Bonchev–Trinajstić information content (AvgIpc) is 2.71. The molecule has 0 spiro atoms. The Morgan fingerprint density at radius 1 is 1.24 bits per heavy atom. The Hall–Kier alpha value is -0.370. The zero-order chi connectivity index (χ0) is 14.4. The van der Waals surface area contributed by atoms with Crippen molar-refractivity contribution < 1.29 is 4.39 Å². The van der Waals surface area contributed by atoms with E-state index in [9.17, 15) is 4.39 Å². The molecule has 3 nitrogen and oxygen atoms in total. The van der Waals surface area contributed by atoms with Crippen LogP contribution in [0.3, 0.4) is 0 Å². The summed E-state index contributed by atoms with van der Waals surface area (Å²) in [5, 5.41) is 0. The standard InChI is InChI=1S/C15H21BrFN3.HI/c16-13-5-6-14(17)12(11-13)7-8-19-15(18)20-9-3-1-2-4-10-20;/h5-6,11H,1-4,7-10H2,(H2,18,19);1H. The molecule has 2 N–H and O–H groups in total. The number of hydrogen-bond acceptors (Lipinski definition) is 1. The number of rotatable bonds is 3. The van der Waals surface area contributed by atoms with Crippen LogP contribution in [0.15, 0.2) is 27.7 Å². The fourth-order valence-corrected chi connectivity index (χ4v) is 2.83. The third-order valence-electron chi connectivity index (χ3n) is 3.59. The smallest absolute Gasteiger partial charge is 0.191 e. The normalized spacial score (nSPS) is 16.3. The van der Waals surface area contributed by atoms with Crippen molar-refractivity contribution >= 4 is 45.9 Å². The van der Waals surface area contributed by atoms with E-state index in [0.29, 0.717) is 24.5 Å². The molecule has 2 rings (SSSR count). The Morgan fingerprint density at radius 2 is 1.90 bits per heavy atom. The van der Waals surface area contributed by atoms with Gasteiger partial charge in [-0.25, -0.2) is 4.39 Å². The molecule has 1 saturated heterocycles. The SMILES string of the molecule is I.NC(=NCCc1cc(Br)ccc1F)N1CCCCCC1. The molecule has 118 valence electrons. The Morgan fingerprint density at radius 3 is 2.57 bits per heavy atom. The summed E-state index contributed by atoms with van der Waals surface area (Å²) in [5.41, 5.74) is 6.70. The molecule has 1 aromatic rings. The lowest BCUT2D eigenvalue weighted by atomic mass is 10.1. The predicted octanol–water partition coefficient (Wildman–Crippen LogP) is 3.94. The summed E-state index contributed by atoms with van der Waals surface area (Å²) in [6.07, 6.45) is 5.47. The Labute approximate surface area is 151 Å². The number of aliphatic imine (C=N–C) groups is 1. The first-order valence-corrected chi connectivity index (χ1v) is 7.95. The van der Waals surface area contributed by atoms with Gasteiger partial charge in [0.1, 0.15) is 5.82 Å². The quantitative estimate of drug-likeness (QED) is 0.414. The summed E-state index contributed by atoms with van der Waals surface area (Å²) < 4.78 is 14.5. The molecule has 6 heteroatoms. The number of hydrogen-bond donors (Lipinski definition) is 1. The minimum absolute atomic E-state index is 0. The molecule has 1 aliphatic rings. The first kappa shape index (κ1) is 18.7. The molecular weight excluding hydrogens is 448 g/mol. The van der Waals surface area contributed by atoms with E-state index in [1.54, 1.807) is 12.1 Å². The predicted molar refractivity (Wildman–Crippen MR) is 99.7 cm³/mol. The summed E-state index contributed by atoms with van der Waals surface area (Å²) in [4.78, 5) is 6.54. The van der Waals surface area contributed by atoms with Crippen LogP contribution >= 0.6 is 39.9 Å². The van der Waals surface area contributed by atoms with Crippen molar-refractivity contribution in [3.05, 3.63) is 34.1 Å². The van der Waals surface area contributed by atoms with Gasteiger partial charge in [-0.2, -0.15) is 0 Å². The number of guanidine groups is 1.